The first-order chi connectivity index (χ1) is 16.2. The normalized spacial score (nSPS) is 16.2. The summed E-state index contributed by atoms with van der Waals surface area (Å²) in [5.41, 5.74) is 1.57. The molecule has 0 bridgehead atoms. The van der Waals surface area contributed by atoms with Gasteiger partial charge in [0.1, 0.15) is 18.0 Å². The topological polar surface area (TPSA) is 71.6 Å². The van der Waals surface area contributed by atoms with E-state index < -0.39 is 0 Å². The van der Waals surface area contributed by atoms with Crippen LogP contribution in [0.3, 0.4) is 0 Å². The summed E-state index contributed by atoms with van der Waals surface area (Å²) >= 11 is 0. The van der Waals surface area contributed by atoms with Gasteiger partial charge in [-0.15, -0.1) is 0 Å². The van der Waals surface area contributed by atoms with Crippen molar-refractivity contribution in [3.8, 4) is 11.5 Å². The van der Waals surface area contributed by atoms with Crippen LogP contribution in [0.15, 0.2) is 48.5 Å². The number of rotatable bonds is 9. The Balaban J connectivity index is 1.47. The number of hydrogen-bond acceptors (Lipinski definition) is 6. The van der Waals surface area contributed by atoms with Crippen molar-refractivity contribution in [2.24, 2.45) is 0 Å². The van der Waals surface area contributed by atoms with Crippen LogP contribution in [0.2, 0.25) is 0 Å². The summed E-state index contributed by atoms with van der Waals surface area (Å²) in [7, 11) is 1.63. The van der Waals surface area contributed by atoms with E-state index in [9.17, 15) is 9.59 Å². The zero-order chi connectivity index (χ0) is 23.0. The number of hydrogen-bond donors (Lipinski definition) is 0. The molecule has 1 fully saturated rings. The Kier molecular flexibility index (Phi) is 7.80. The predicted molar refractivity (Wildman–Crippen MR) is 125 cm³/mol. The third-order valence-corrected chi connectivity index (χ3v) is 6.01. The van der Waals surface area contributed by atoms with Gasteiger partial charge in [-0.2, -0.15) is 0 Å². The van der Waals surface area contributed by atoms with Gasteiger partial charge < -0.3 is 19.1 Å². The minimum absolute atomic E-state index is 0.0219. The van der Waals surface area contributed by atoms with Gasteiger partial charge in [0, 0.05) is 38.3 Å². The van der Waals surface area contributed by atoms with E-state index in [0.717, 1.165) is 50.6 Å². The predicted octanol–water partition coefficient (Wildman–Crippen LogP) is 2.17. The smallest absolute Gasteiger partial charge is 0.265 e. The Labute approximate surface area is 194 Å². The van der Waals surface area contributed by atoms with Crippen LogP contribution >= 0.6 is 0 Å². The average molecular weight is 454 g/mol. The van der Waals surface area contributed by atoms with Crippen molar-refractivity contribution in [3.63, 3.8) is 0 Å². The first-order valence-corrected chi connectivity index (χ1v) is 11.4. The van der Waals surface area contributed by atoms with Crippen molar-refractivity contribution in [2.45, 2.75) is 13.0 Å². The maximum Gasteiger partial charge on any atom is 0.265 e. The highest BCUT2D eigenvalue weighted by atomic mass is 16.5. The molecule has 2 aromatic rings. The van der Waals surface area contributed by atoms with Gasteiger partial charge in [0.15, 0.2) is 6.61 Å². The van der Waals surface area contributed by atoms with E-state index in [2.05, 4.69) is 4.90 Å². The lowest BCUT2D eigenvalue weighted by atomic mass is 10.1. The number of para-hydroxylation sites is 3. The molecule has 0 atom stereocenters. The average Bonchev–Trinajstić information content (AvgIpc) is 2.86. The molecule has 8 nitrogen and oxygen atoms in total. The molecule has 0 radical (unpaired) electrons. The second kappa shape index (κ2) is 11.2. The number of methoxy groups -OCH3 is 1. The summed E-state index contributed by atoms with van der Waals surface area (Å²) in [4.78, 5) is 31.8. The van der Waals surface area contributed by atoms with Gasteiger partial charge in [-0.3, -0.25) is 19.4 Å². The second-order valence-corrected chi connectivity index (χ2v) is 8.17. The molecule has 0 spiro atoms. The van der Waals surface area contributed by atoms with E-state index in [1.807, 2.05) is 53.4 Å². The zero-order valence-electron chi connectivity index (χ0n) is 19.1. The number of benzene rings is 2. The van der Waals surface area contributed by atoms with Gasteiger partial charge in [0.25, 0.3) is 5.91 Å². The van der Waals surface area contributed by atoms with Crippen molar-refractivity contribution >= 4 is 17.5 Å². The van der Waals surface area contributed by atoms with E-state index in [4.69, 9.17) is 14.2 Å². The fraction of sp³-hybridized carbons (Fsp3) is 0.440. The number of anilines is 1. The number of carbonyl (C=O) groups excluding carboxylic acids is 2. The molecule has 2 aliphatic heterocycles. The van der Waals surface area contributed by atoms with Gasteiger partial charge >= 0.3 is 0 Å². The summed E-state index contributed by atoms with van der Waals surface area (Å²) in [6, 6.07) is 15.0. The van der Waals surface area contributed by atoms with E-state index >= 15 is 0 Å². The summed E-state index contributed by atoms with van der Waals surface area (Å²) in [5.74, 6) is 1.05. The molecular weight excluding hydrogens is 422 g/mol. The molecule has 0 unspecified atom stereocenters. The highest BCUT2D eigenvalue weighted by molar-refractivity contribution is 6.02. The van der Waals surface area contributed by atoms with E-state index in [1.54, 1.807) is 7.11 Å². The SMILES string of the molecule is COc1ccccc1CN(CCCN1CCOCC1)C(=O)CN1C(=O)COc2ccccc21. The largest absolute Gasteiger partial charge is 0.496 e. The molecule has 0 aromatic heterocycles. The Bertz CT molecular complexity index is 961. The molecule has 8 heteroatoms. The van der Waals surface area contributed by atoms with Crippen LogP contribution in [-0.2, 0) is 20.9 Å². The summed E-state index contributed by atoms with van der Waals surface area (Å²) in [6.07, 6.45) is 0.842. The zero-order valence-corrected chi connectivity index (χ0v) is 19.1. The highest BCUT2D eigenvalue weighted by Crippen LogP contribution is 2.31. The van der Waals surface area contributed by atoms with Gasteiger partial charge in [0.2, 0.25) is 5.91 Å². The first kappa shape index (κ1) is 23.1. The summed E-state index contributed by atoms with van der Waals surface area (Å²) < 4.78 is 16.4. The van der Waals surface area contributed by atoms with Crippen LogP contribution in [0.25, 0.3) is 0 Å². The molecular formula is C25H31N3O5. The number of amides is 2. The van der Waals surface area contributed by atoms with Gasteiger partial charge in [-0.25, -0.2) is 0 Å². The monoisotopic (exact) mass is 453 g/mol. The van der Waals surface area contributed by atoms with Gasteiger partial charge in [0.05, 0.1) is 26.0 Å². The molecule has 0 aliphatic carbocycles. The van der Waals surface area contributed by atoms with Crippen molar-refractivity contribution < 1.29 is 23.8 Å². The Morgan fingerprint density at radius 3 is 2.67 bits per heavy atom. The fourth-order valence-corrected chi connectivity index (χ4v) is 4.20. The molecule has 0 saturated carbocycles. The molecule has 0 N–H and O–H groups in total. The lowest BCUT2D eigenvalue weighted by Gasteiger charge is -2.32. The molecule has 176 valence electrons. The Morgan fingerprint density at radius 1 is 1.09 bits per heavy atom. The molecule has 4 rings (SSSR count). The molecule has 2 aliphatic rings. The highest BCUT2D eigenvalue weighted by Gasteiger charge is 2.29. The summed E-state index contributed by atoms with van der Waals surface area (Å²) in [6.45, 7) is 5.17. The standard InChI is InChI=1S/C25H31N3O5/c1-31-22-9-4-2-7-20(22)17-27(12-6-11-26-13-15-32-16-14-26)24(29)18-28-21-8-3-5-10-23(21)33-19-25(28)30/h2-5,7-10H,6,11-19H2,1H3. The molecule has 2 amide bonds. The quantitative estimate of drug-likeness (QED) is 0.580. The molecule has 2 heterocycles. The Morgan fingerprint density at radius 2 is 1.85 bits per heavy atom. The number of ether oxygens (including phenoxy) is 3. The van der Waals surface area contributed by atoms with Crippen molar-refractivity contribution in [2.75, 3.05) is 64.6 Å². The lowest BCUT2D eigenvalue weighted by molar-refractivity contribution is -0.132. The van der Waals surface area contributed by atoms with Crippen molar-refractivity contribution in [1.82, 2.24) is 9.80 Å². The minimum Gasteiger partial charge on any atom is -0.496 e. The third-order valence-electron chi connectivity index (χ3n) is 6.01. The number of fused-ring (bicyclic) bond motifs is 1. The number of nitrogens with zero attached hydrogens (tertiary/aromatic N) is 3. The van der Waals surface area contributed by atoms with Crippen LogP contribution in [-0.4, -0.2) is 81.3 Å². The molecule has 1 saturated heterocycles. The van der Waals surface area contributed by atoms with E-state index in [1.165, 1.54) is 4.90 Å². The van der Waals surface area contributed by atoms with Crippen molar-refractivity contribution in [1.29, 1.82) is 0 Å². The van der Waals surface area contributed by atoms with E-state index in [-0.39, 0.29) is 25.0 Å². The van der Waals surface area contributed by atoms with Crippen molar-refractivity contribution in [3.05, 3.63) is 54.1 Å². The first-order valence-electron chi connectivity index (χ1n) is 11.4. The lowest BCUT2D eigenvalue weighted by Crippen LogP contribution is -2.47. The van der Waals surface area contributed by atoms with Gasteiger partial charge in [-0.1, -0.05) is 30.3 Å². The number of carbonyl (C=O) groups is 2. The summed E-state index contributed by atoms with van der Waals surface area (Å²) in [5, 5.41) is 0. The van der Waals surface area contributed by atoms with Crippen LogP contribution < -0.4 is 14.4 Å². The fourth-order valence-electron chi connectivity index (χ4n) is 4.20. The van der Waals surface area contributed by atoms with Crippen LogP contribution in [0.4, 0.5) is 5.69 Å². The Hall–Kier alpha value is -3.10. The third kappa shape index (κ3) is 5.83. The van der Waals surface area contributed by atoms with E-state index in [0.29, 0.717) is 24.5 Å². The number of morpholine rings is 1. The molecule has 2 aromatic carbocycles. The van der Waals surface area contributed by atoms with Crippen LogP contribution in [0, 0.1) is 0 Å². The van der Waals surface area contributed by atoms with Crippen LogP contribution in [0.5, 0.6) is 11.5 Å². The van der Waals surface area contributed by atoms with Crippen LogP contribution in [0.1, 0.15) is 12.0 Å². The maximum absolute atomic E-state index is 13.5. The maximum atomic E-state index is 13.5. The molecule has 33 heavy (non-hydrogen) atoms. The second-order valence-electron chi connectivity index (χ2n) is 8.17. The minimum atomic E-state index is -0.215. The van der Waals surface area contributed by atoms with Gasteiger partial charge in [-0.05, 0) is 24.6 Å².